The van der Waals surface area contributed by atoms with Crippen LogP contribution in [-0.2, 0) is 14.6 Å². The maximum atomic E-state index is 12.2. The van der Waals surface area contributed by atoms with Gasteiger partial charge in [0.05, 0.1) is 22.4 Å². The van der Waals surface area contributed by atoms with Gasteiger partial charge in [0.25, 0.3) is 0 Å². The molecule has 20 heavy (non-hydrogen) atoms. The summed E-state index contributed by atoms with van der Waals surface area (Å²) in [7, 11) is -3.20. The van der Waals surface area contributed by atoms with Crippen LogP contribution in [0.2, 0.25) is 0 Å². The molecule has 0 aliphatic carbocycles. The van der Waals surface area contributed by atoms with E-state index in [0.717, 1.165) is 19.4 Å². The van der Waals surface area contributed by atoms with Gasteiger partial charge in [0, 0.05) is 13.2 Å². The second-order valence-electron chi connectivity index (χ2n) is 5.18. The molecule has 1 saturated heterocycles. The molecule has 1 heterocycles. The van der Waals surface area contributed by atoms with E-state index in [0.29, 0.717) is 23.5 Å². The van der Waals surface area contributed by atoms with Crippen molar-refractivity contribution in [3.05, 3.63) is 24.3 Å². The van der Waals surface area contributed by atoms with Crippen molar-refractivity contribution in [2.75, 3.05) is 24.2 Å². The fourth-order valence-electron chi connectivity index (χ4n) is 2.45. The third-order valence-electron chi connectivity index (χ3n) is 3.49. The molecule has 0 spiro atoms. The van der Waals surface area contributed by atoms with E-state index in [1.54, 1.807) is 12.1 Å². The molecule has 1 aliphatic rings. The summed E-state index contributed by atoms with van der Waals surface area (Å²) in [5, 5.41) is 3.24. The first-order valence-electron chi connectivity index (χ1n) is 7.31. The highest BCUT2D eigenvalue weighted by atomic mass is 32.2. The summed E-state index contributed by atoms with van der Waals surface area (Å²) in [6, 6.07) is 7.13. The third kappa shape index (κ3) is 3.96. The third-order valence-corrected chi connectivity index (χ3v) is 5.46. The van der Waals surface area contributed by atoms with Crippen LogP contribution < -0.4 is 5.32 Å². The predicted octanol–water partition coefficient (Wildman–Crippen LogP) is 2.85. The zero-order valence-electron chi connectivity index (χ0n) is 12.0. The number of para-hydroxylation sites is 1. The van der Waals surface area contributed by atoms with Gasteiger partial charge in [-0.3, -0.25) is 0 Å². The summed E-state index contributed by atoms with van der Waals surface area (Å²) >= 11 is 0. The van der Waals surface area contributed by atoms with Crippen LogP contribution in [-0.4, -0.2) is 33.4 Å². The summed E-state index contributed by atoms with van der Waals surface area (Å²) in [6.07, 6.45) is 4.16. The Labute approximate surface area is 121 Å². The lowest BCUT2D eigenvalue weighted by Crippen LogP contribution is -2.27. The molecule has 2 rings (SSSR count). The van der Waals surface area contributed by atoms with Crippen molar-refractivity contribution in [3.8, 4) is 0 Å². The Hall–Kier alpha value is -1.07. The number of hydrogen-bond acceptors (Lipinski definition) is 4. The highest BCUT2D eigenvalue weighted by molar-refractivity contribution is 7.91. The summed E-state index contributed by atoms with van der Waals surface area (Å²) < 4.78 is 30.1. The summed E-state index contributed by atoms with van der Waals surface area (Å²) in [5.41, 5.74) is 0.690. The Morgan fingerprint density at radius 3 is 2.80 bits per heavy atom. The molecule has 1 fully saturated rings. The standard InChI is InChI=1S/C15H23NO3S/c1-2-11-20(17,18)15-9-4-3-8-14(15)16-12-13-7-5-6-10-19-13/h3-4,8-9,13,16H,2,5-7,10-12H2,1H3. The van der Waals surface area contributed by atoms with Gasteiger partial charge < -0.3 is 10.1 Å². The number of rotatable bonds is 6. The van der Waals surface area contributed by atoms with Gasteiger partial charge in [-0.05, 0) is 37.8 Å². The van der Waals surface area contributed by atoms with Crippen molar-refractivity contribution in [3.63, 3.8) is 0 Å². The first-order valence-corrected chi connectivity index (χ1v) is 8.96. The first-order chi connectivity index (χ1) is 9.63. The van der Waals surface area contributed by atoms with Gasteiger partial charge in [-0.1, -0.05) is 19.1 Å². The van der Waals surface area contributed by atoms with Gasteiger partial charge in [0.1, 0.15) is 0 Å². The quantitative estimate of drug-likeness (QED) is 0.877. The van der Waals surface area contributed by atoms with E-state index in [1.165, 1.54) is 6.42 Å². The van der Waals surface area contributed by atoms with E-state index in [9.17, 15) is 8.42 Å². The first kappa shape index (κ1) is 15.3. The molecule has 0 amide bonds. The van der Waals surface area contributed by atoms with E-state index in [-0.39, 0.29) is 11.9 Å². The van der Waals surface area contributed by atoms with Crippen LogP contribution in [0.15, 0.2) is 29.2 Å². The van der Waals surface area contributed by atoms with E-state index >= 15 is 0 Å². The molecule has 5 heteroatoms. The van der Waals surface area contributed by atoms with Crippen LogP contribution in [0, 0.1) is 0 Å². The normalized spacial score (nSPS) is 19.8. The number of anilines is 1. The lowest BCUT2D eigenvalue weighted by atomic mass is 10.1. The zero-order chi connectivity index (χ0) is 14.4. The molecule has 1 aromatic carbocycles. The fraction of sp³-hybridized carbons (Fsp3) is 0.600. The summed E-state index contributed by atoms with van der Waals surface area (Å²) in [5.74, 6) is 0.186. The van der Waals surface area contributed by atoms with E-state index < -0.39 is 9.84 Å². The molecule has 0 aromatic heterocycles. The van der Waals surface area contributed by atoms with Crippen LogP contribution in [0.1, 0.15) is 32.6 Å². The molecular weight excluding hydrogens is 274 g/mol. The van der Waals surface area contributed by atoms with Crippen LogP contribution in [0.5, 0.6) is 0 Å². The maximum absolute atomic E-state index is 12.2. The van der Waals surface area contributed by atoms with Gasteiger partial charge in [-0.25, -0.2) is 8.42 Å². The SMILES string of the molecule is CCCS(=O)(=O)c1ccccc1NCC1CCCCO1. The number of hydrogen-bond donors (Lipinski definition) is 1. The van der Waals surface area contributed by atoms with Crippen LogP contribution in [0.3, 0.4) is 0 Å². The van der Waals surface area contributed by atoms with Gasteiger partial charge in [-0.15, -0.1) is 0 Å². The number of sulfone groups is 1. The van der Waals surface area contributed by atoms with Crippen molar-refractivity contribution >= 4 is 15.5 Å². The molecular formula is C15H23NO3S. The molecule has 4 nitrogen and oxygen atoms in total. The van der Waals surface area contributed by atoms with Crippen LogP contribution >= 0.6 is 0 Å². The Morgan fingerprint density at radius 1 is 1.30 bits per heavy atom. The number of nitrogens with one attached hydrogen (secondary N) is 1. The zero-order valence-corrected chi connectivity index (χ0v) is 12.8. The van der Waals surface area contributed by atoms with E-state index in [1.807, 2.05) is 19.1 Å². The minimum absolute atomic E-state index is 0.186. The highest BCUT2D eigenvalue weighted by Gasteiger charge is 2.19. The van der Waals surface area contributed by atoms with Crippen LogP contribution in [0.25, 0.3) is 0 Å². The van der Waals surface area contributed by atoms with E-state index in [2.05, 4.69) is 5.32 Å². The lowest BCUT2D eigenvalue weighted by Gasteiger charge is -2.23. The van der Waals surface area contributed by atoms with Gasteiger partial charge in [-0.2, -0.15) is 0 Å². The van der Waals surface area contributed by atoms with Crippen molar-refractivity contribution in [1.82, 2.24) is 0 Å². The van der Waals surface area contributed by atoms with Crippen molar-refractivity contribution in [2.24, 2.45) is 0 Å². The van der Waals surface area contributed by atoms with Gasteiger partial charge in [0.2, 0.25) is 0 Å². The fourth-order valence-corrected chi connectivity index (χ4v) is 3.97. The van der Waals surface area contributed by atoms with Crippen molar-refractivity contribution < 1.29 is 13.2 Å². The minimum atomic E-state index is -3.20. The van der Waals surface area contributed by atoms with Gasteiger partial charge >= 0.3 is 0 Å². The largest absolute Gasteiger partial charge is 0.381 e. The molecule has 1 atom stereocenters. The predicted molar refractivity (Wildman–Crippen MR) is 80.9 cm³/mol. The summed E-state index contributed by atoms with van der Waals surface area (Å²) in [6.45, 7) is 3.35. The smallest absolute Gasteiger partial charge is 0.180 e. The molecule has 1 aliphatic heterocycles. The minimum Gasteiger partial charge on any atom is -0.381 e. The Balaban J connectivity index is 2.07. The molecule has 1 N–H and O–H groups in total. The molecule has 0 radical (unpaired) electrons. The topological polar surface area (TPSA) is 55.4 Å². The van der Waals surface area contributed by atoms with Crippen LogP contribution in [0.4, 0.5) is 5.69 Å². The second kappa shape index (κ2) is 7.09. The molecule has 0 bridgehead atoms. The molecule has 1 aromatic rings. The van der Waals surface area contributed by atoms with Crippen molar-refractivity contribution in [2.45, 2.75) is 43.6 Å². The monoisotopic (exact) mass is 297 g/mol. The number of benzene rings is 1. The molecule has 0 saturated carbocycles. The summed E-state index contributed by atoms with van der Waals surface area (Å²) in [4.78, 5) is 0.401. The Bertz CT molecular complexity index is 522. The van der Waals surface area contributed by atoms with Crippen molar-refractivity contribution in [1.29, 1.82) is 0 Å². The average molecular weight is 297 g/mol. The molecule has 1 unspecified atom stereocenters. The Morgan fingerprint density at radius 2 is 2.10 bits per heavy atom. The number of ether oxygens (including phenoxy) is 1. The average Bonchev–Trinajstić information content (AvgIpc) is 2.46. The highest BCUT2D eigenvalue weighted by Crippen LogP contribution is 2.23. The lowest BCUT2D eigenvalue weighted by molar-refractivity contribution is 0.0247. The molecule has 112 valence electrons. The van der Waals surface area contributed by atoms with Gasteiger partial charge in [0.15, 0.2) is 9.84 Å². The second-order valence-corrected chi connectivity index (χ2v) is 7.26. The maximum Gasteiger partial charge on any atom is 0.180 e. The Kier molecular flexibility index (Phi) is 5.43. The van der Waals surface area contributed by atoms with E-state index in [4.69, 9.17) is 4.74 Å².